The summed E-state index contributed by atoms with van der Waals surface area (Å²) in [6, 6.07) is 6.42. The fourth-order valence-electron chi connectivity index (χ4n) is 3.11. The quantitative estimate of drug-likeness (QED) is 0.869. The van der Waals surface area contributed by atoms with Gasteiger partial charge in [-0.25, -0.2) is 0 Å². The van der Waals surface area contributed by atoms with E-state index in [0.29, 0.717) is 11.3 Å². The van der Waals surface area contributed by atoms with Crippen LogP contribution in [0.3, 0.4) is 0 Å². The minimum atomic E-state index is 0.453. The Hall–Kier alpha value is -0.930. The van der Waals surface area contributed by atoms with Crippen molar-refractivity contribution in [3.8, 4) is 0 Å². The molecule has 0 atom stereocenters. The van der Waals surface area contributed by atoms with E-state index in [1.165, 1.54) is 31.6 Å². The maximum Gasteiger partial charge on any atom is 0.0547 e. The van der Waals surface area contributed by atoms with E-state index in [0.717, 1.165) is 25.3 Å². The summed E-state index contributed by atoms with van der Waals surface area (Å²) >= 11 is 0. The van der Waals surface area contributed by atoms with Gasteiger partial charge in [0.2, 0.25) is 0 Å². The zero-order chi connectivity index (χ0) is 15.3. The molecule has 1 aliphatic heterocycles. The zero-order valence-electron chi connectivity index (χ0n) is 14.2. The lowest BCUT2D eigenvalue weighted by molar-refractivity contribution is 0.110. The molecule has 2 heterocycles. The lowest BCUT2D eigenvalue weighted by atomic mass is 9.84. The fourth-order valence-corrected chi connectivity index (χ4v) is 3.11. The number of piperidine rings is 1. The first-order chi connectivity index (χ1) is 9.94. The van der Waals surface area contributed by atoms with Crippen LogP contribution >= 0.6 is 0 Å². The van der Waals surface area contributed by atoms with E-state index in [1.807, 2.05) is 0 Å². The average Bonchev–Trinajstić information content (AvgIpc) is 2.37. The molecule has 0 unspecified atom stereocenters. The molecule has 3 nitrogen and oxygen atoms in total. The van der Waals surface area contributed by atoms with Gasteiger partial charge in [0.15, 0.2) is 0 Å². The minimum absolute atomic E-state index is 0.453. The summed E-state index contributed by atoms with van der Waals surface area (Å²) < 4.78 is 0. The first kappa shape index (κ1) is 16.4. The van der Waals surface area contributed by atoms with Crippen molar-refractivity contribution in [1.29, 1.82) is 0 Å². The number of likely N-dealkylation sites (tertiary alicyclic amines) is 1. The molecule has 0 aromatic carbocycles. The number of nitrogens with one attached hydrogen (secondary N) is 1. The van der Waals surface area contributed by atoms with Gasteiger partial charge in [0.1, 0.15) is 0 Å². The third-order valence-corrected chi connectivity index (χ3v) is 4.09. The van der Waals surface area contributed by atoms with Crippen LogP contribution in [0.5, 0.6) is 0 Å². The Balaban J connectivity index is 1.88. The molecule has 0 saturated carbocycles. The third-order valence-electron chi connectivity index (χ3n) is 4.09. The van der Waals surface area contributed by atoms with Crippen LogP contribution in [0.1, 0.15) is 51.9 Å². The van der Waals surface area contributed by atoms with E-state index >= 15 is 0 Å². The Morgan fingerprint density at radius 2 is 2.05 bits per heavy atom. The highest BCUT2D eigenvalue weighted by Crippen LogP contribution is 2.28. The zero-order valence-corrected chi connectivity index (χ0v) is 14.2. The molecule has 0 aliphatic carbocycles. The maximum atomic E-state index is 4.81. The van der Waals surface area contributed by atoms with Crippen LogP contribution in [-0.2, 0) is 13.1 Å². The second-order valence-electron chi connectivity index (χ2n) is 7.62. The Bertz CT molecular complexity index is 440. The van der Waals surface area contributed by atoms with E-state index in [2.05, 4.69) is 56.1 Å². The van der Waals surface area contributed by atoms with Crippen LogP contribution in [0, 0.1) is 11.3 Å². The summed E-state index contributed by atoms with van der Waals surface area (Å²) in [5, 5.41) is 3.47. The standard InChI is InChI=1S/C18H31N3/c1-15(2)11-19-12-16-7-5-8-17(20-16)13-21-10-6-9-18(3,4)14-21/h5,7-8,15,19H,6,9-14H2,1-4H3. The number of hydrogen-bond acceptors (Lipinski definition) is 3. The highest BCUT2D eigenvalue weighted by atomic mass is 15.1. The minimum Gasteiger partial charge on any atom is -0.311 e. The molecule has 0 amide bonds. The van der Waals surface area contributed by atoms with Crippen molar-refractivity contribution in [2.24, 2.45) is 11.3 Å². The van der Waals surface area contributed by atoms with Gasteiger partial charge in [0, 0.05) is 19.6 Å². The third kappa shape index (κ3) is 5.76. The Kier molecular flexibility index (Phi) is 5.77. The topological polar surface area (TPSA) is 28.2 Å². The van der Waals surface area contributed by atoms with Gasteiger partial charge in [-0.15, -0.1) is 0 Å². The van der Waals surface area contributed by atoms with Crippen molar-refractivity contribution >= 4 is 0 Å². The van der Waals surface area contributed by atoms with Gasteiger partial charge in [-0.1, -0.05) is 33.8 Å². The normalized spacial score (nSPS) is 19.1. The Morgan fingerprint density at radius 1 is 1.29 bits per heavy atom. The van der Waals surface area contributed by atoms with Crippen molar-refractivity contribution in [1.82, 2.24) is 15.2 Å². The molecule has 1 saturated heterocycles. The summed E-state index contributed by atoms with van der Waals surface area (Å²) in [5.41, 5.74) is 2.82. The first-order valence-electron chi connectivity index (χ1n) is 8.32. The van der Waals surface area contributed by atoms with Crippen molar-refractivity contribution in [3.63, 3.8) is 0 Å². The Labute approximate surface area is 130 Å². The van der Waals surface area contributed by atoms with Gasteiger partial charge in [-0.05, 0) is 49.4 Å². The fraction of sp³-hybridized carbons (Fsp3) is 0.722. The van der Waals surface area contributed by atoms with E-state index in [-0.39, 0.29) is 0 Å². The largest absolute Gasteiger partial charge is 0.311 e. The van der Waals surface area contributed by atoms with Crippen molar-refractivity contribution in [2.75, 3.05) is 19.6 Å². The van der Waals surface area contributed by atoms with Crippen molar-refractivity contribution < 1.29 is 0 Å². The molecule has 3 heteroatoms. The van der Waals surface area contributed by atoms with Gasteiger partial charge >= 0.3 is 0 Å². The SMILES string of the molecule is CC(C)CNCc1cccc(CN2CCCC(C)(C)C2)n1. The summed E-state index contributed by atoms with van der Waals surface area (Å²) in [7, 11) is 0. The predicted octanol–water partition coefficient (Wildman–Crippen LogP) is 3.45. The van der Waals surface area contributed by atoms with Crippen LogP contribution in [0.2, 0.25) is 0 Å². The summed E-state index contributed by atoms with van der Waals surface area (Å²) in [5.74, 6) is 0.684. The van der Waals surface area contributed by atoms with E-state index < -0.39 is 0 Å². The van der Waals surface area contributed by atoms with Crippen LogP contribution in [0.25, 0.3) is 0 Å². The van der Waals surface area contributed by atoms with E-state index in [1.54, 1.807) is 0 Å². The molecule has 1 aliphatic rings. The average molecular weight is 289 g/mol. The molecular weight excluding hydrogens is 258 g/mol. The number of rotatable bonds is 6. The molecular formula is C18H31N3. The monoisotopic (exact) mass is 289 g/mol. The highest BCUT2D eigenvalue weighted by molar-refractivity contribution is 5.11. The van der Waals surface area contributed by atoms with Gasteiger partial charge in [0.05, 0.1) is 11.4 Å². The number of nitrogens with zero attached hydrogens (tertiary/aromatic N) is 2. The van der Waals surface area contributed by atoms with Gasteiger partial charge < -0.3 is 5.32 Å². The molecule has 2 rings (SSSR count). The van der Waals surface area contributed by atoms with Crippen LogP contribution < -0.4 is 5.32 Å². The van der Waals surface area contributed by atoms with Gasteiger partial charge in [-0.2, -0.15) is 0 Å². The number of hydrogen-bond donors (Lipinski definition) is 1. The van der Waals surface area contributed by atoms with Crippen LogP contribution in [0.4, 0.5) is 0 Å². The predicted molar refractivity (Wildman–Crippen MR) is 89.1 cm³/mol. The molecule has 1 fully saturated rings. The molecule has 118 valence electrons. The van der Waals surface area contributed by atoms with Gasteiger partial charge in [-0.3, -0.25) is 9.88 Å². The number of pyridine rings is 1. The highest BCUT2D eigenvalue weighted by Gasteiger charge is 2.26. The second-order valence-corrected chi connectivity index (χ2v) is 7.62. The maximum absolute atomic E-state index is 4.81. The molecule has 0 radical (unpaired) electrons. The molecule has 0 bridgehead atoms. The summed E-state index contributed by atoms with van der Waals surface area (Å²) in [6.45, 7) is 14.5. The smallest absolute Gasteiger partial charge is 0.0547 e. The molecule has 21 heavy (non-hydrogen) atoms. The second kappa shape index (κ2) is 7.37. The van der Waals surface area contributed by atoms with Crippen LogP contribution in [-0.4, -0.2) is 29.5 Å². The molecule has 0 spiro atoms. The van der Waals surface area contributed by atoms with E-state index in [4.69, 9.17) is 4.98 Å². The summed E-state index contributed by atoms with van der Waals surface area (Å²) in [6.07, 6.45) is 2.65. The molecule has 1 aromatic rings. The van der Waals surface area contributed by atoms with Crippen molar-refractivity contribution in [2.45, 2.75) is 53.6 Å². The van der Waals surface area contributed by atoms with Crippen LogP contribution in [0.15, 0.2) is 18.2 Å². The number of aromatic nitrogens is 1. The van der Waals surface area contributed by atoms with Gasteiger partial charge in [0.25, 0.3) is 0 Å². The lowest BCUT2D eigenvalue weighted by Crippen LogP contribution is -2.39. The van der Waals surface area contributed by atoms with Crippen molar-refractivity contribution in [3.05, 3.63) is 29.6 Å². The summed E-state index contributed by atoms with van der Waals surface area (Å²) in [4.78, 5) is 7.36. The van der Waals surface area contributed by atoms with E-state index in [9.17, 15) is 0 Å². The lowest BCUT2D eigenvalue weighted by Gasteiger charge is -2.37. The molecule has 1 N–H and O–H groups in total. The molecule has 1 aromatic heterocycles. The first-order valence-corrected chi connectivity index (χ1v) is 8.32. The Morgan fingerprint density at radius 3 is 2.76 bits per heavy atom.